The number of aryl methyl sites for hydroxylation is 1. The van der Waals surface area contributed by atoms with Gasteiger partial charge in [0.15, 0.2) is 0 Å². The van der Waals surface area contributed by atoms with Crippen molar-refractivity contribution in [2.75, 3.05) is 0 Å². The van der Waals surface area contributed by atoms with E-state index in [0.29, 0.717) is 0 Å². The fourth-order valence-corrected chi connectivity index (χ4v) is 4.01. The smallest absolute Gasteiger partial charge is 0.0606 e. The molecule has 3 heteroatoms. The molecule has 1 aromatic heterocycles. The molecule has 1 N–H and O–H groups in total. The third-order valence-corrected chi connectivity index (χ3v) is 5.39. The number of benzene rings is 3. The van der Waals surface area contributed by atoms with Crippen LogP contribution < -0.4 is 0 Å². The highest BCUT2D eigenvalue weighted by molar-refractivity contribution is 7.99. The Labute approximate surface area is 150 Å². The first-order valence-corrected chi connectivity index (χ1v) is 9.01. The van der Waals surface area contributed by atoms with Gasteiger partial charge in [-0.2, -0.15) is 0 Å². The summed E-state index contributed by atoms with van der Waals surface area (Å²) in [6, 6.07) is 25.1. The Morgan fingerprint density at radius 2 is 1.62 bits per heavy atom. The standard InChI is InChI=1S/C21H16ClNS/c1-14-7-10-17(11-8-14)24-21-18-13-16(22)9-12-19(18)23-20(21)15-5-3-2-4-6-15/h2-13,23H,1H3. The van der Waals surface area contributed by atoms with E-state index >= 15 is 0 Å². The van der Waals surface area contributed by atoms with Crippen LogP contribution in [0.1, 0.15) is 5.56 Å². The predicted molar refractivity (Wildman–Crippen MR) is 104 cm³/mol. The van der Waals surface area contributed by atoms with Gasteiger partial charge in [0.2, 0.25) is 0 Å². The lowest BCUT2D eigenvalue weighted by atomic mass is 10.1. The van der Waals surface area contributed by atoms with Crippen molar-refractivity contribution in [3.05, 3.63) is 83.4 Å². The van der Waals surface area contributed by atoms with E-state index in [4.69, 9.17) is 11.6 Å². The maximum atomic E-state index is 6.25. The minimum atomic E-state index is 0.756. The largest absolute Gasteiger partial charge is 0.354 e. The van der Waals surface area contributed by atoms with Crippen molar-refractivity contribution in [2.45, 2.75) is 16.7 Å². The van der Waals surface area contributed by atoms with Crippen molar-refractivity contribution in [3.8, 4) is 11.3 Å². The van der Waals surface area contributed by atoms with Gasteiger partial charge < -0.3 is 4.98 Å². The van der Waals surface area contributed by atoms with E-state index in [1.54, 1.807) is 11.8 Å². The van der Waals surface area contributed by atoms with Crippen LogP contribution in [0, 0.1) is 6.92 Å². The highest BCUT2D eigenvalue weighted by Crippen LogP contribution is 2.41. The SMILES string of the molecule is Cc1ccc(Sc2c(-c3ccccc3)[nH]c3ccc(Cl)cc23)cc1. The van der Waals surface area contributed by atoms with Crippen molar-refractivity contribution in [3.63, 3.8) is 0 Å². The van der Waals surface area contributed by atoms with E-state index in [0.717, 1.165) is 21.6 Å². The van der Waals surface area contributed by atoms with Gasteiger partial charge in [-0.15, -0.1) is 0 Å². The van der Waals surface area contributed by atoms with Gasteiger partial charge >= 0.3 is 0 Å². The molecule has 4 aromatic rings. The lowest BCUT2D eigenvalue weighted by molar-refractivity contribution is 1.36. The van der Waals surface area contributed by atoms with E-state index in [1.807, 2.05) is 24.3 Å². The summed E-state index contributed by atoms with van der Waals surface area (Å²) in [5.74, 6) is 0. The maximum Gasteiger partial charge on any atom is 0.0606 e. The van der Waals surface area contributed by atoms with Gasteiger partial charge in [0.1, 0.15) is 0 Å². The molecule has 0 spiro atoms. The summed E-state index contributed by atoms with van der Waals surface area (Å²) in [4.78, 5) is 5.99. The normalized spacial score (nSPS) is 11.1. The molecule has 1 heterocycles. The van der Waals surface area contributed by atoms with E-state index in [2.05, 4.69) is 60.4 Å². The number of rotatable bonds is 3. The summed E-state index contributed by atoms with van der Waals surface area (Å²) in [5, 5.41) is 1.92. The zero-order valence-electron chi connectivity index (χ0n) is 13.2. The van der Waals surface area contributed by atoms with Crippen LogP contribution in [0.25, 0.3) is 22.2 Å². The van der Waals surface area contributed by atoms with Gasteiger partial charge in [-0.1, -0.05) is 71.4 Å². The van der Waals surface area contributed by atoms with Crippen LogP contribution in [0.2, 0.25) is 5.02 Å². The second-order valence-electron chi connectivity index (χ2n) is 5.80. The molecular weight excluding hydrogens is 334 g/mol. The zero-order valence-corrected chi connectivity index (χ0v) is 14.8. The van der Waals surface area contributed by atoms with E-state index in [-0.39, 0.29) is 0 Å². The van der Waals surface area contributed by atoms with Crippen molar-refractivity contribution in [2.24, 2.45) is 0 Å². The topological polar surface area (TPSA) is 15.8 Å². The van der Waals surface area contributed by atoms with E-state index in [9.17, 15) is 0 Å². The second kappa shape index (κ2) is 6.39. The van der Waals surface area contributed by atoms with Crippen LogP contribution in [0.4, 0.5) is 0 Å². The predicted octanol–water partition coefficient (Wildman–Crippen LogP) is 6.95. The third-order valence-electron chi connectivity index (χ3n) is 4.02. The average Bonchev–Trinajstić information content (AvgIpc) is 2.95. The van der Waals surface area contributed by atoms with Crippen LogP contribution in [0.5, 0.6) is 0 Å². The van der Waals surface area contributed by atoms with Crippen molar-refractivity contribution in [1.29, 1.82) is 0 Å². The van der Waals surface area contributed by atoms with Gasteiger partial charge in [-0.25, -0.2) is 0 Å². The minimum Gasteiger partial charge on any atom is -0.354 e. The molecule has 0 unspecified atom stereocenters. The van der Waals surface area contributed by atoms with Gasteiger partial charge in [-0.3, -0.25) is 0 Å². The fourth-order valence-electron chi connectivity index (χ4n) is 2.78. The molecule has 0 radical (unpaired) electrons. The van der Waals surface area contributed by atoms with E-state index in [1.165, 1.54) is 20.9 Å². The number of halogens is 1. The first-order chi connectivity index (χ1) is 11.7. The molecule has 0 saturated heterocycles. The summed E-state index contributed by atoms with van der Waals surface area (Å²) in [5.41, 5.74) is 4.69. The monoisotopic (exact) mass is 349 g/mol. The molecule has 0 bridgehead atoms. The molecule has 0 atom stereocenters. The molecule has 0 aliphatic carbocycles. The average molecular weight is 350 g/mol. The van der Waals surface area contributed by atoms with Gasteiger partial charge in [0.25, 0.3) is 0 Å². The van der Waals surface area contributed by atoms with Crippen molar-refractivity contribution >= 4 is 34.3 Å². The van der Waals surface area contributed by atoms with Gasteiger partial charge in [-0.05, 0) is 42.8 Å². The number of nitrogens with one attached hydrogen (secondary N) is 1. The van der Waals surface area contributed by atoms with Gasteiger partial charge in [0, 0.05) is 25.7 Å². The summed E-state index contributed by atoms with van der Waals surface area (Å²) >= 11 is 8.02. The molecule has 0 aliphatic heterocycles. The lowest BCUT2D eigenvalue weighted by Crippen LogP contribution is -1.80. The summed E-state index contributed by atoms with van der Waals surface area (Å²) in [6.45, 7) is 2.11. The molecule has 1 nitrogen and oxygen atoms in total. The first kappa shape index (κ1) is 15.4. The number of fused-ring (bicyclic) bond motifs is 1. The highest BCUT2D eigenvalue weighted by atomic mass is 35.5. The maximum absolute atomic E-state index is 6.25. The van der Waals surface area contributed by atoms with Crippen LogP contribution in [-0.2, 0) is 0 Å². The van der Waals surface area contributed by atoms with Crippen LogP contribution in [0.15, 0.2) is 82.6 Å². The van der Waals surface area contributed by atoms with Crippen LogP contribution in [-0.4, -0.2) is 4.98 Å². The number of aromatic nitrogens is 1. The number of aromatic amines is 1. The van der Waals surface area contributed by atoms with Crippen LogP contribution >= 0.6 is 23.4 Å². The molecule has 0 saturated carbocycles. The Bertz CT molecular complexity index is 988. The Balaban J connectivity index is 1.90. The Kier molecular flexibility index (Phi) is 4.09. The lowest BCUT2D eigenvalue weighted by Gasteiger charge is -2.06. The molecule has 3 aromatic carbocycles. The molecule has 0 fully saturated rings. The van der Waals surface area contributed by atoms with Crippen molar-refractivity contribution in [1.82, 2.24) is 4.98 Å². The number of hydrogen-bond donors (Lipinski definition) is 1. The van der Waals surface area contributed by atoms with Crippen LogP contribution in [0.3, 0.4) is 0 Å². The Hall–Kier alpha value is -2.16. The molecule has 0 amide bonds. The molecule has 4 rings (SSSR count). The number of hydrogen-bond acceptors (Lipinski definition) is 1. The quantitative estimate of drug-likeness (QED) is 0.423. The third kappa shape index (κ3) is 2.95. The summed E-state index contributed by atoms with van der Waals surface area (Å²) in [6.07, 6.45) is 0. The van der Waals surface area contributed by atoms with Crippen molar-refractivity contribution < 1.29 is 0 Å². The van der Waals surface area contributed by atoms with E-state index < -0.39 is 0 Å². The first-order valence-electron chi connectivity index (χ1n) is 7.82. The summed E-state index contributed by atoms with van der Waals surface area (Å²) in [7, 11) is 0. The van der Waals surface area contributed by atoms with Gasteiger partial charge in [0.05, 0.1) is 5.69 Å². The zero-order chi connectivity index (χ0) is 16.5. The molecule has 24 heavy (non-hydrogen) atoms. The highest BCUT2D eigenvalue weighted by Gasteiger charge is 2.15. The number of H-pyrrole nitrogens is 1. The fraction of sp³-hybridized carbons (Fsp3) is 0.0476. The Morgan fingerprint density at radius 1 is 0.875 bits per heavy atom. The summed E-state index contributed by atoms with van der Waals surface area (Å²) < 4.78 is 0. The Morgan fingerprint density at radius 3 is 2.38 bits per heavy atom. The molecule has 0 aliphatic rings. The molecular formula is C21H16ClNS. The second-order valence-corrected chi connectivity index (χ2v) is 7.32. The minimum absolute atomic E-state index is 0.756. The molecule has 118 valence electrons.